The van der Waals surface area contributed by atoms with Gasteiger partial charge in [-0.25, -0.2) is 4.98 Å². The summed E-state index contributed by atoms with van der Waals surface area (Å²) in [5, 5.41) is 0. The Balaban J connectivity index is 2.37. The molecule has 2 rings (SSSR count). The Morgan fingerprint density at radius 1 is 1.33 bits per heavy atom. The van der Waals surface area contributed by atoms with Gasteiger partial charge in [-0.1, -0.05) is 15.9 Å². The highest BCUT2D eigenvalue weighted by molar-refractivity contribution is 9.10. The molecule has 6 heteroatoms. The number of benzene rings is 1. The van der Waals surface area contributed by atoms with E-state index in [1.807, 2.05) is 0 Å². The van der Waals surface area contributed by atoms with E-state index in [0.717, 1.165) is 4.47 Å². The third kappa shape index (κ3) is 2.60. The summed E-state index contributed by atoms with van der Waals surface area (Å²) < 4.78 is 6.34. The second kappa shape index (κ2) is 5.05. The number of carbonyl (C=O) groups excluding carboxylic acids is 1. The summed E-state index contributed by atoms with van der Waals surface area (Å²) >= 11 is 3.29. The van der Waals surface area contributed by atoms with E-state index in [-0.39, 0.29) is 11.4 Å². The van der Waals surface area contributed by atoms with Crippen molar-refractivity contribution in [3.63, 3.8) is 0 Å². The summed E-state index contributed by atoms with van der Waals surface area (Å²) in [5.41, 5.74) is 11.7. The molecule has 0 aliphatic rings. The number of primary amides is 1. The van der Waals surface area contributed by atoms with Crippen molar-refractivity contribution in [2.24, 2.45) is 5.73 Å². The first-order chi connectivity index (χ1) is 8.58. The zero-order valence-electron chi connectivity index (χ0n) is 9.26. The van der Waals surface area contributed by atoms with Gasteiger partial charge in [0.2, 0.25) is 5.88 Å². The first kappa shape index (κ1) is 12.4. The largest absolute Gasteiger partial charge is 0.436 e. The predicted octanol–water partition coefficient (Wildman–Crippen LogP) is 2.32. The number of halogens is 1. The Morgan fingerprint density at radius 2 is 2.11 bits per heavy atom. The lowest BCUT2D eigenvalue weighted by molar-refractivity contribution is 0.0997. The number of pyridine rings is 1. The average Bonchev–Trinajstić information content (AvgIpc) is 2.33. The lowest BCUT2D eigenvalue weighted by Gasteiger charge is -2.09. The van der Waals surface area contributed by atoms with Crippen molar-refractivity contribution in [2.45, 2.75) is 0 Å². The van der Waals surface area contributed by atoms with E-state index in [0.29, 0.717) is 11.4 Å². The van der Waals surface area contributed by atoms with Crippen molar-refractivity contribution in [1.29, 1.82) is 0 Å². The minimum atomic E-state index is -0.603. The lowest BCUT2D eigenvalue weighted by Crippen LogP contribution is -2.12. The van der Waals surface area contributed by atoms with Crippen LogP contribution in [0.25, 0.3) is 0 Å². The van der Waals surface area contributed by atoms with E-state index in [2.05, 4.69) is 20.9 Å². The summed E-state index contributed by atoms with van der Waals surface area (Å²) in [6.45, 7) is 0. The fourth-order valence-corrected chi connectivity index (χ4v) is 1.75. The molecule has 0 saturated heterocycles. The Hall–Kier alpha value is -2.08. The van der Waals surface area contributed by atoms with E-state index in [1.165, 1.54) is 6.20 Å². The number of nitrogens with two attached hydrogens (primary N) is 2. The molecule has 0 unspecified atom stereocenters. The van der Waals surface area contributed by atoms with Crippen LogP contribution < -0.4 is 16.2 Å². The fraction of sp³-hybridized carbons (Fsp3) is 0. The van der Waals surface area contributed by atoms with Crippen LogP contribution in [0.4, 0.5) is 5.69 Å². The molecule has 0 atom stereocenters. The van der Waals surface area contributed by atoms with Gasteiger partial charge in [0.1, 0.15) is 5.56 Å². The summed E-state index contributed by atoms with van der Waals surface area (Å²) in [6, 6.07) is 8.30. The first-order valence-electron chi connectivity index (χ1n) is 5.05. The monoisotopic (exact) mass is 307 g/mol. The summed E-state index contributed by atoms with van der Waals surface area (Å²) in [5.74, 6) is -0.0489. The maximum atomic E-state index is 11.2. The number of aromatic nitrogens is 1. The van der Waals surface area contributed by atoms with Gasteiger partial charge in [-0.3, -0.25) is 4.79 Å². The van der Waals surface area contributed by atoms with E-state index in [4.69, 9.17) is 16.2 Å². The molecule has 1 aromatic heterocycles. The topological polar surface area (TPSA) is 91.2 Å². The number of nitrogen functional groups attached to an aromatic ring is 1. The van der Waals surface area contributed by atoms with Crippen LogP contribution in [0.2, 0.25) is 0 Å². The number of nitrogens with zero attached hydrogens (tertiary/aromatic N) is 1. The Kier molecular flexibility index (Phi) is 3.47. The van der Waals surface area contributed by atoms with E-state index in [1.54, 1.807) is 30.3 Å². The number of hydrogen-bond acceptors (Lipinski definition) is 4. The third-order valence-electron chi connectivity index (χ3n) is 2.22. The number of anilines is 1. The van der Waals surface area contributed by atoms with Crippen LogP contribution in [-0.4, -0.2) is 10.9 Å². The molecule has 1 heterocycles. The summed E-state index contributed by atoms with van der Waals surface area (Å²) in [7, 11) is 0. The van der Waals surface area contributed by atoms with Gasteiger partial charge in [0.25, 0.3) is 5.91 Å². The van der Waals surface area contributed by atoms with Crippen LogP contribution in [0, 0.1) is 0 Å². The van der Waals surface area contributed by atoms with Crippen LogP contribution in [0.1, 0.15) is 10.4 Å². The Bertz CT molecular complexity index is 602. The Labute approximate surface area is 112 Å². The van der Waals surface area contributed by atoms with Crippen molar-refractivity contribution >= 4 is 27.5 Å². The molecular weight excluding hydrogens is 298 g/mol. The molecule has 0 fully saturated rings. The predicted molar refractivity (Wildman–Crippen MR) is 71.4 cm³/mol. The number of amides is 1. The minimum Gasteiger partial charge on any atom is -0.436 e. The van der Waals surface area contributed by atoms with Gasteiger partial charge in [0.05, 0.1) is 5.69 Å². The molecule has 0 spiro atoms. The van der Waals surface area contributed by atoms with Gasteiger partial charge in [-0.15, -0.1) is 0 Å². The van der Waals surface area contributed by atoms with Crippen LogP contribution in [0.3, 0.4) is 0 Å². The summed E-state index contributed by atoms with van der Waals surface area (Å²) in [4.78, 5) is 15.2. The van der Waals surface area contributed by atoms with Gasteiger partial charge in [-0.2, -0.15) is 0 Å². The molecule has 4 N–H and O–H groups in total. The fourth-order valence-electron chi connectivity index (χ4n) is 1.38. The number of ether oxygens (including phenoxy) is 1. The molecule has 1 amide bonds. The Morgan fingerprint density at radius 3 is 2.78 bits per heavy atom. The number of hydrogen-bond donors (Lipinski definition) is 2. The minimum absolute atomic E-state index is 0.138. The molecule has 2 aromatic rings. The highest BCUT2D eigenvalue weighted by atomic mass is 79.9. The smallest absolute Gasteiger partial charge is 0.254 e. The van der Waals surface area contributed by atoms with Crippen LogP contribution >= 0.6 is 15.9 Å². The lowest BCUT2D eigenvalue weighted by atomic mass is 10.2. The third-order valence-corrected chi connectivity index (χ3v) is 2.71. The van der Waals surface area contributed by atoms with Gasteiger partial charge in [-0.05, 0) is 30.3 Å². The SMILES string of the molecule is NC(=O)c1cccnc1Oc1ccc(Br)cc1N. The zero-order valence-corrected chi connectivity index (χ0v) is 10.8. The molecule has 0 bridgehead atoms. The van der Waals surface area contributed by atoms with Gasteiger partial charge in [0.15, 0.2) is 5.75 Å². The molecule has 0 saturated carbocycles. The maximum Gasteiger partial charge on any atom is 0.254 e. The molecular formula is C12H10BrN3O2. The molecule has 18 heavy (non-hydrogen) atoms. The van der Waals surface area contributed by atoms with Crippen LogP contribution in [0.15, 0.2) is 41.0 Å². The molecule has 92 valence electrons. The van der Waals surface area contributed by atoms with Crippen molar-refractivity contribution < 1.29 is 9.53 Å². The number of rotatable bonds is 3. The second-order valence-corrected chi connectivity index (χ2v) is 4.42. The standard InChI is InChI=1S/C12H10BrN3O2/c13-7-3-4-10(9(14)6-7)18-12-8(11(15)17)2-1-5-16-12/h1-6H,14H2,(H2,15,17). The summed E-state index contributed by atoms with van der Waals surface area (Å²) in [6.07, 6.45) is 1.51. The first-order valence-corrected chi connectivity index (χ1v) is 5.85. The van der Waals surface area contributed by atoms with E-state index in [9.17, 15) is 4.79 Å². The molecule has 0 aliphatic heterocycles. The quantitative estimate of drug-likeness (QED) is 0.851. The second-order valence-electron chi connectivity index (χ2n) is 3.50. The van der Waals surface area contributed by atoms with Gasteiger partial charge >= 0.3 is 0 Å². The molecule has 0 aliphatic carbocycles. The van der Waals surface area contributed by atoms with Crippen molar-refractivity contribution in [3.8, 4) is 11.6 Å². The zero-order chi connectivity index (χ0) is 13.1. The normalized spacial score (nSPS) is 10.1. The highest BCUT2D eigenvalue weighted by Gasteiger charge is 2.12. The molecule has 5 nitrogen and oxygen atoms in total. The molecule has 0 radical (unpaired) electrons. The maximum absolute atomic E-state index is 11.2. The van der Waals surface area contributed by atoms with Gasteiger partial charge < -0.3 is 16.2 Å². The van der Waals surface area contributed by atoms with Crippen molar-refractivity contribution in [1.82, 2.24) is 4.98 Å². The van der Waals surface area contributed by atoms with Gasteiger partial charge in [0, 0.05) is 10.7 Å². The van der Waals surface area contributed by atoms with E-state index >= 15 is 0 Å². The van der Waals surface area contributed by atoms with E-state index < -0.39 is 5.91 Å². The number of carbonyl (C=O) groups is 1. The van der Waals surface area contributed by atoms with Crippen LogP contribution in [-0.2, 0) is 0 Å². The highest BCUT2D eigenvalue weighted by Crippen LogP contribution is 2.30. The van der Waals surface area contributed by atoms with Crippen LogP contribution in [0.5, 0.6) is 11.6 Å². The molecule has 1 aromatic carbocycles. The van der Waals surface area contributed by atoms with Crippen molar-refractivity contribution in [2.75, 3.05) is 5.73 Å². The average molecular weight is 308 g/mol. The van der Waals surface area contributed by atoms with Crippen molar-refractivity contribution in [3.05, 3.63) is 46.6 Å².